The number of benzene rings is 1. The first-order valence-electron chi connectivity index (χ1n) is 5.19. The van der Waals surface area contributed by atoms with Gasteiger partial charge in [0.25, 0.3) is 0 Å². The molecule has 1 aromatic carbocycles. The van der Waals surface area contributed by atoms with Gasteiger partial charge >= 0.3 is 0 Å². The van der Waals surface area contributed by atoms with Crippen LogP contribution in [0.5, 0.6) is 5.75 Å². The second kappa shape index (κ2) is 6.26. The van der Waals surface area contributed by atoms with Gasteiger partial charge in [0, 0.05) is 11.6 Å². The lowest BCUT2D eigenvalue weighted by atomic mass is 10.1. The minimum atomic E-state index is -0.352. The standard InChI is InChI=1S/C14H13NO3/c1-4-6-10-7-11(9-16)13(18-3)8-12(10)15-14(17)5-2/h5,7-9H,2H2,1,3H3,(H,15,17). The fraction of sp³-hybridized carbons (Fsp3) is 0.143. The number of carbonyl (C=O) groups excluding carboxylic acids is 2. The lowest BCUT2D eigenvalue weighted by Crippen LogP contribution is -2.09. The second-order valence-corrected chi connectivity index (χ2v) is 3.33. The quantitative estimate of drug-likeness (QED) is 0.500. The highest BCUT2D eigenvalue weighted by Gasteiger charge is 2.10. The molecule has 0 aromatic heterocycles. The number of nitrogens with one attached hydrogen (secondary N) is 1. The smallest absolute Gasteiger partial charge is 0.247 e. The van der Waals surface area contributed by atoms with Crippen LogP contribution in [0, 0.1) is 11.8 Å². The number of rotatable bonds is 4. The van der Waals surface area contributed by atoms with Crippen molar-refractivity contribution < 1.29 is 14.3 Å². The van der Waals surface area contributed by atoms with E-state index in [1.165, 1.54) is 7.11 Å². The molecule has 0 aliphatic carbocycles. The zero-order valence-corrected chi connectivity index (χ0v) is 10.2. The van der Waals surface area contributed by atoms with Crippen LogP contribution in [0.15, 0.2) is 24.8 Å². The maximum Gasteiger partial charge on any atom is 0.247 e. The molecule has 0 spiro atoms. The zero-order chi connectivity index (χ0) is 13.5. The van der Waals surface area contributed by atoms with E-state index in [9.17, 15) is 9.59 Å². The molecule has 1 N–H and O–H groups in total. The number of carbonyl (C=O) groups is 2. The summed E-state index contributed by atoms with van der Waals surface area (Å²) in [6, 6.07) is 3.13. The molecule has 4 heteroatoms. The summed E-state index contributed by atoms with van der Waals surface area (Å²) >= 11 is 0. The molecule has 0 saturated carbocycles. The highest BCUT2D eigenvalue weighted by Crippen LogP contribution is 2.26. The van der Waals surface area contributed by atoms with Crippen LogP contribution in [-0.2, 0) is 4.79 Å². The normalized spacial score (nSPS) is 8.78. The van der Waals surface area contributed by atoms with Crippen LogP contribution < -0.4 is 10.1 Å². The van der Waals surface area contributed by atoms with Crippen molar-refractivity contribution in [3.05, 3.63) is 35.9 Å². The predicted molar refractivity (Wildman–Crippen MR) is 69.8 cm³/mol. The maximum absolute atomic E-state index is 11.3. The molecule has 0 atom stereocenters. The van der Waals surface area contributed by atoms with Crippen molar-refractivity contribution in [2.24, 2.45) is 0 Å². The van der Waals surface area contributed by atoms with Gasteiger partial charge in [-0.05, 0) is 19.1 Å². The molecule has 0 bridgehead atoms. The first-order valence-corrected chi connectivity index (χ1v) is 5.19. The molecule has 0 radical (unpaired) electrons. The molecule has 1 aromatic rings. The fourth-order valence-corrected chi connectivity index (χ4v) is 1.39. The van der Waals surface area contributed by atoms with Crippen molar-refractivity contribution in [1.82, 2.24) is 0 Å². The lowest BCUT2D eigenvalue weighted by molar-refractivity contribution is -0.111. The third-order valence-corrected chi connectivity index (χ3v) is 2.20. The molecule has 92 valence electrons. The van der Waals surface area contributed by atoms with Crippen molar-refractivity contribution in [3.8, 4) is 17.6 Å². The number of hydrogen-bond acceptors (Lipinski definition) is 3. The summed E-state index contributed by atoms with van der Waals surface area (Å²) in [6.45, 7) is 5.04. The van der Waals surface area contributed by atoms with Crippen LogP contribution in [0.1, 0.15) is 22.8 Å². The Hall–Kier alpha value is -2.54. The number of amides is 1. The minimum Gasteiger partial charge on any atom is -0.496 e. The van der Waals surface area contributed by atoms with Gasteiger partial charge in [-0.1, -0.05) is 12.5 Å². The summed E-state index contributed by atoms with van der Waals surface area (Å²) < 4.78 is 5.07. The number of anilines is 1. The summed E-state index contributed by atoms with van der Waals surface area (Å²) in [5, 5.41) is 2.62. The van der Waals surface area contributed by atoms with Gasteiger partial charge in [-0.25, -0.2) is 0 Å². The monoisotopic (exact) mass is 243 g/mol. The molecule has 0 saturated heterocycles. The molecule has 0 heterocycles. The van der Waals surface area contributed by atoms with E-state index in [1.807, 2.05) is 0 Å². The maximum atomic E-state index is 11.3. The molecule has 0 fully saturated rings. The molecule has 0 aliphatic heterocycles. The van der Waals surface area contributed by atoms with Gasteiger partial charge in [0.2, 0.25) is 5.91 Å². The number of ether oxygens (including phenoxy) is 1. The van der Waals surface area contributed by atoms with Crippen LogP contribution in [0.25, 0.3) is 0 Å². The van der Waals surface area contributed by atoms with Crippen LogP contribution in [0.3, 0.4) is 0 Å². The highest BCUT2D eigenvalue weighted by molar-refractivity contribution is 6.00. The van der Waals surface area contributed by atoms with Gasteiger partial charge < -0.3 is 10.1 Å². The van der Waals surface area contributed by atoms with Gasteiger partial charge in [-0.2, -0.15) is 0 Å². The first kappa shape index (κ1) is 13.5. The largest absolute Gasteiger partial charge is 0.496 e. The summed E-state index contributed by atoms with van der Waals surface area (Å²) in [5.74, 6) is 5.57. The Labute approximate surface area is 106 Å². The van der Waals surface area contributed by atoms with Crippen LogP contribution in [0.4, 0.5) is 5.69 Å². The Kier molecular flexibility index (Phi) is 4.70. The van der Waals surface area contributed by atoms with Crippen molar-refractivity contribution >= 4 is 17.9 Å². The van der Waals surface area contributed by atoms with E-state index < -0.39 is 0 Å². The third-order valence-electron chi connectivity index (χ3n) is 2.20. The Morgan fingerprint density at radius 1 is 1.50 bits per heavy atom. The minimum absolute atomic E-state index is 0.352. The van der Waals surface area contributed by atoms with Crippen molar-refractivity contribution in [1.29, 1.82) is 0 Å². The molecule has 18 heavy (non-hydrogen) atoms. The Morgan fingerprint density at radius 2 is 2.22 bits per heavy atom. The average molecular weight is 243 g/mol. The van der Waals surface area contributed by atoms with E-state index in [4.69, 9.17) is 4.74 Å². The average Bonchev–Trinajstić information content (AvgIpc) is 2.40. The van der Waals surface area contributed by atoms with Crippen LogP contribution in [0.2, 0.25) is 0 Å². The Bertz CT molecular complexity index is 550. The zero-order valence-electron chi connectivity index (χ0n) is 10.2. The Morgan fingerprint density at radius 3 is 2.72 bits per heavy atom. The lowest BCUT2D eigenvalue weighted by Gasteiger charge is -2.10. The molecular weight excluding hydrogens is 230 g/mol. The molecular formula is C14H13NO3. The van der Waals surface area contributed by atoms with Gasteiger partial charge in [-0.3, -0.25) is 9.59 Å². The van der Waals surface area contributed by atoms with Gasteiger partial charge in [0.1, 0.15) is 5.75 Å². The fourth-order valence-electron chi connectivity index (χ4n) is 1.39. The van der Waals surface area contributed by atoms with E-state index in [-0.39, 0.29) is 5.91 Å². The van der Waals surface area contributed by atoms with E-state index >= 15 is 0 Å². The van der Waals surface area contributed by atoms with Gasteiger partial charge in [0.15, 0.2) is 6.29 Å². The topological polar surface area (TPSA) is 55.4 Å². The van der Waals surface area contributed by atoms with Crippen LogP contribution >= 0.6 is 0 Å². The number of hydrogen-bond donors (Lipinski definition) is 1. The molecule has 4 nitrogen and oxygen atoms in total. The van der Waals surface area contributed by atoms with Gasteiger partial charge in [0.05, 0.1) is 18.4 Å². The van der Waals surface area contributed by atoms with Gasteiger partial charge in [-0.15, -0.1) is 5.92 Å². The highest BCUT2D eigenvalue weighted by atomic mass is 16.5. The summed E-state index contributed by atoms with van der Waals surface area (Å²) in [6.07, 6.45) is 1.84. The van der Waals surface area contributed by atoms with E-state index in [1.54, 1.807) is 19.1 Å². The summed E-state index contributed by atoms with van der Waals surface area (Å²) in [7, 11) is 1.45. The second-order valence-electron chi connectivity index (χ2n) is 3.33. The van der Waals surface area contributed by atoms with E-state index in [0.29, 0.717) is 28.8 Å². The molecule has 1 amide bonds. The molecule has 1 rings (SSSR count). The molecule has 0 unspecified atom stereocenters. The van der Waals surface area contributed by atoms with Crippen LogP contribution in [-0.4, -0.2) is 19.3 Å². The number of aldehydes is 1. The summed E-state index contributed by atoms with van der Waals surface area (Å²) in [5.41, 5.74) is 1.42. The van der Waals surface area contributed by atoms with E-state index in [2.05, 4.69) is 23.7 Å². The van der Waals surface area contributed by atoms with E-state index in [0.717, 1.165) is 6.08 Å². The van der Waals surface area contributed by atoms with Crippen molar-refractivity contribution in [2.45, 2.75) is 6.92 Å². The Balaban J connectivity index is 3.35. The molecule has 0 aliphatic rings. The third kappa shape index (κ3) is 2.98. The number of methoxy groups -OCH3 is 1. The van der Waals surface area contributed by atoms with Crippen molar-refractivity contribution in [3.63, 3.8) is 0 Å². The summed E-state index contributed by atoms with van der Waals surface area (Å²) in [4.78, 5) is 22.2. The predicted octanol–water partition coefficient (Wildman–Crippen LogP) is 2.00. The SMILES string of the molecule is C=CC(=O)Nc1cc(OC)c(C=O)cc1C#CC. The first-order chi connectivity index (χ1) is 8.65. The van der Waals surface area contributed by atoms with Crippen molar-refractivity contribution in [2.75, 3.05) is 12.4 Å².